The van der Waals surface area contributed by atoms with E-state index in [0.717, 1.165) is 30.5 Å². The van der Waals surface area contributed by atoms with Gasteiger partial charge in [0.2, 0.25) is 82.7 Å². The number of ether oxygens (including phenoxy) is 1. The van der Waals surface area contributed by atoms with Crippen LogP contribution in [0, 0.1) is 0 Å². The molecule has 0 aliphatic carbocycles. The molecule has 14 amide bonds. The molecular formula is C65H96F3N17O18S2. The first-order valence-corrected chi connectivity index (χ1v) is 36.1. The number of phenols is 1. The molecule has 105 heavy (non-hydrogen) atoms. The van der Waals surface area contributed by atoms with E-state index in [0.29, 0.717) is 56.4 Å². The molecule has 3 aliphatic heterocycles. The lowest BCUT2D eigenvalue weighted by molar-refractivity contribution is -0.917. The summed E-state index contributed by atoms with van der Waals surface area (Å²) in [5.41, 5.74) is 28.5. The van der Waals surface area contributed by atoms with E-state index in [4.69, 9.17) is 43.3 Å². The monoisotopic (exact) mass is 1520 g/mol. The molecule has 0 saturated carbocycles. The number of amides is 14. The lowest BCUT2D eigenvalue weighted by Crippen LogP contribution is -2.61. The minimum Gasteiger partial charge on any atom is -0.542 e. The van der Waals surface area contributed by atoms with Gasteiger partial charge in [-0.05, 0) is 87.6 Å². The predicted octanol–water partition coefficient (Wildman–Crippen LogP) is -6.58. The number of hydrogen-bond donors (Lipinski definition) is 16. The van der Waals surface area contributed by atoms with Crippen LogP contribution in [0.25, 0.3) is 0 Å². The van der Waals surface area contributed by atoms with Crippen molar-refractivity contribution in [1.29, 1.82) is 0 Å². The summed E-state index contributed by atoms with van der Waals surface area (Å²) in [4.78, 5) is 202. The van der Waals surface area contributed by atoms with Crippen molar-refractivity contribution in [1.82, 2.24) is 58.1 Å². The van der Waals surface area contributed by atoms with Crippen molar-refractivity contribution in [3.63, 3.8) is 0 Å². The molecule has 3 fully saturated rings. The molecule has 0 spiro atoms. The van der Waals surface area contributed by atoms with Gasteiger partial charge in [0.25, 0.3) is 0 Å². The zero-order chi connectivity index (χ0) is 77.8. The molecule has 582 valence electrons. The number of likely N-dealkylation sites (N-methyl/N-ethyl adjacent to an activating group) is 1. The number of carbonyl (C=O) groups is 15. The highest BCUT2D eigenvalue weighted by Gasteiger charge is 2.41. The van der Waals surface area contributed by atoms with Crippen molar-refractivity contribution in [2.75, 3.05) is 96.4 Å². The van der Waals surface area contributed by atoms with Gasteiger partial charge in [0.1, 0.15) is 73.1 Å². The Morgan fingerprint density at radius 2 is 1.26 bits per heavy atom. The Balaban J connectivity index is 0.00000316. The number of phenolic OH excluding ortho intramolecular Hbond substituents is 1. The largest absolute Gasteiger partial charge is 0.542 e. The standard InChI is InChI=1S/C63H95N17O16S2.C2HF3O2/c1-80(24-26-96-27-25-80)23-8-6-12-41-35-97-36-48(63(95)79-22-9-14-49(79)62(94)74-42(13-5-7-21-64)56(88)71-32-52(68)84)78-60(92)46(30-51(67)83)77-57(89)43(19-20-50(66)82)73-58(90)44(28-38-10-3-2-4-11-38)75-59(91)45(29-39-15-17-40(81)18-16-39)76-61(93)47(37-98-41)72-55(87)34-70-54(86)33-69-53(85)31-65;3-2(4,5)1(6)7/h2-4,10-11,15-18,41-49H,5-9,12-14,19-37,64-65H2,1H3,(H16-,66,67,68,69,70,71,72,73,74,75,76,77,78,81,82,83,84,85,86,87,88,89,90,91,92,93,94);(H,6,7)/t41?,42-,43-,44-,45-,46-,47-,48-,49-;/m0./s1. The Morgan fingerprint density at radius 3 is 1.86 bits per heavy atom. The summed E-state index contributed by atoms with van der Waals surface area (Å²) in [7, 11) is 2.14. The Hall–Kier alpha value is -9.38. The van der Waals surface area contributed by atoms with Crippen molar-refractivity contribution < 1.29 is 105 Å². The number of nitrogens with zero attached hydrogens (tertiary/aromatic N) is 2. The number of nitrogens with two attached hydrogens (primary N) is 5. The first kappa shape index (κ1) is 88.0. The van der Waals surface area contributed by atoms with Crippen molar-refractivity contribution in [3.05, 3.63) is 65.7 Å². The number of unbranched alkanes of at least 4 members (excludes halogenated alkanes) is 2. The highest BCUT2D eigenvalue weighted by Crippen LogP contribution is 2.27. The van der Waals surface area contributed by atoms with E-state index in [2.05, 4.69) is 60.2 Å². The Bertz CT molecular complexity index is 3310. The van der Waals surface area contributed by atoms with E-state index < -0.39 is 194 Å². The fourth-order valence-corrected chi connectivity index (χ4v) is 13.8. The van der Waals surface area contributed by atoms with Gasteiger partial charge in [0.15, 0.2) is 0 Å². The fraction of sp³-hybridized carbons (Fsp3) is 0.585. The van der Waals surface area contributed by atoms with Gasteiger partial charge in [-0.3, -0.25) is 67.1 Å². The molecule has 0 aromatic heterocycles. The predicted molar refractivity (Wildman–Crippen MR) is 373 cm³/mol. The number of rotatable bonds is 30. The number of carboxylic acids is 1. The maximum atomic E-state index is 15.2. The summed E-state index contributed by atoms with van der Waals surface area (Å²) in [6.07, 6.45) is -4.29. The van der Waals surface area contributed by atoms with Crippen LogP contribution >= 0.6 is 23.5 Å². The first-order valence-electron chi connectivity index (χ1n) is 33.9. The van der Waals surface area contributed by atoms with E-state index in [1.807, 2.05) is 0 Å². The van der Waals surface area contributed by atoms with Crippen LogP contribution in [-0.2, 0) is 89.5 Å². The highest BCUT2D eigenvalue weighted by molar-refractivity contribution is 8.03. The van der Waals surface area contributed by atoms with Gasteiger partial charge >= 0.3 is 6.18 Å². The number of primary amides is 3. The van der Waals surface area contributed by atoms with Crippen LogP contribution in [0.3, 0.4) is 0 Å². The summed E-state index contributed by atoms with van der Waals surface area (Å²) < 4.78 is 37.9. The zero-order valence-corrected chi connectivity index (χ0v) is 59.7. The third-order valence-electron chi connectivity index (χ3n) is 16.8. The van der Waals surface area contributed by atoms with E-state index in [9.17, 15) is 75.8 Å². The SMILES string of the molecule is C[N+]1(CCCCC2CSC[C@@H](C(=O)N3CCC[C@H]3C(=O)N[C@@H](CCCCN)C(=O)NCC(N)=O)NC(=O)[C@H](CC(N)=O)NC(=O)[C@H](CCC(N)=O)NC(=O)[C@H](Cc3ccccc3)NC(=O)[C@H](Cc3ccc(O)cc3)NC(=O)[C@@H](NC(=O)CNC(=O)CNC(=O)CN)CS2)CCOCC1.O=C([O-])C(F)(F)F. The fourth-order valence-electron chi connectivity index (χ4n) is 11.0. The smallest absolute Gasteiger partial charge is 0.430 e. The third-order valence-corrected chi connectivity index (χ3v) is 19.6. The molecule has 0 radical (unpaired) electrons. The number of likely N-dealkylation sites (tertiary alicyclic amines) is 1. The van der Waals surface area contributed by atoms with Crippen LogP contribution < -0.4 is 86.9 Å². The molecule has 35 nitrogen and oxygen atoms in total. The molecule has 5 rings (SSSR count). The molecule has 9 atom stereocenters. The van der Waals surface area contributed by atoms with Gasteiger partial charge in [-0.1, -0.05) is 42.5 Å². The minimum atomic E-state index is -5.19. The normalized spacial score (nSPS) is 21.7. The van der Waals surface area contributed by atoms with Crippen molar-refractivity contribution >= 4 is 112 Å². The number of halogens is 3. The number of thioether (sulfide) groups is 2. The molecule has 2 aromatic rings. The maximum absolute atomic E-state index is 15.2. The number of carbonyl (C=O) groups excluding carboxylic acids is 15. The lowest BCUT2D eigenvalue weighted by Gasteiger charge is -2.37. The summed E-state index contributed by atoms with van der Waals surface area (Å²) >= 11 is 2.44. The topological polar surface area (TPSA) is 562 Å². The number of carboxylic acid groups (broad SMARTS) is 1. The first-order chi connectivity index (χ1) is 49.7. The molecule has 40 heteroatoms. The number of aliphatic carboxylic acids is 1. The van der Waals surface area contributed by atoms with E-state index in [-0.39, 0.29) is 61.8 Å². The average molecular weight is 1520 g/mol. The van der Waals surface area contributed by atoms with Gasteiger partial charge in [-0.15, -0.1) is 0 Å². The number of aromatic hydroxyl groups is 1. The quantitative estimate of drug-likeness (QED) is 0.0255. The van der Waals surface area contributed by atoms with Crippen LogP contribution in [0.5, 0.6) is 5.75 Å². The number of alkyl halides is 3. The average Bonchev–Trinajstić information content (AvgIpc) is 1.75. The molecule has 2 aromatic carbocycles. The summed E-state index contributed by atoms with van der Waals surface area (Å²) in [6.45, 7) is 1.71. The van der Waals surface area contributed by atoms with Gasteiger partial charge in [0.05, 0.1) is 59.4 Å². The molecule has 3 aliphatic rings. The Kier molecular flexibility index (Phi) is 37.8. The summed E-state index contributed by atoms with van der Waals surface area (Å²) in [5, 5.41) is 44.2. The molecule has 3 heterocycles. The van der Waals surface area contributed by atoms with Gasteiger partial charge < -0.3 is 111 Å². The van der Waals surface area contributed by atoms with Gasteiger partial charge in [-0.2, -0.15) is 36.7 Å². The number of morpholine rings is 1. The van der Waals surface area contributed by atoms with E-state index in [1.165, 1.54) is 52.7 Å². The van der Waals surface area contributed by atoms with Crippen molar-refractivity contribution in [3.8, 4) is 5.75 Å². The summed E-state index contributed by atoms with van der Waals surface area (Å²) in [6, 6.07) is 1.96. The molecule has 3 saturated heterocycles. The van der Waals surface area contributed by atoms with E-state index in [1.54, 1.807) is 30.3 Å². The van der Waals surface area contributed by atoms with Crippen LogP contribution in [0.1, 0.15) is 81.8 Å². The maximum Gasteiger partial charge on any atom is 0.430 e. The van der Waals surface area contributed by atoms with Crippen LogP contribution in [0.15, 0.2) is 54.6 Å². The molecule has 1 unspecified atom stereocenters. The summed E-state index contributed by atoms with van der Waals surface area (Å²) in [5.74, 6) is -15.7. The molecule has 21 N–H and O–H groups in total. The number of nitrogens with one attached hydrogen (secondary N) is 10. The third kappa shape index (κ3) is 33.1. The van der Waals surface area contributed by atoms with Crippen LogP contribution in [-0.4, -0.2) is 259 Å². The van der Waals surface area contributed by atoms with Gasteiger partial charge in [-0.25, -0.2) is 0 Å². The van der Waals surface area contributed by atoms with E-state index >= 15 is 9.59 Å². The number of hydrogen-bond acceptors (Lipinski definition) is 22. The number of quaternary nitrogens is 1. The van der Waals surface area contributed by atoms with Crippen LogP contribution in [0.4, 0.5) is 13.2 Å². The highest BCUT2D eigenvalue weighted by atomic mass is 32.2. The zero-order valence-electron chi connectivity index (χ0n) is 58.1. The molecular weight excluding hydrogens is 1430 g/mol. The second-order valence-corrected chi connectivity index (χ2v) is 27.7. The van der Waals surface area contributed by atoms with Crippen LogP contribution in [0.2, 0.25) is 0 Å². The number of benzene rings is 2. The second-order valence-electron chi connectivity index (χ2n) is 25.3. The molecule has 0 bridgehead atoms. The van der Waals surface area contributed by atoms with Gasteiger partial charge in [0, 0.05) is 48.3 Å². The Labute approximate surface area is 612 Å². The minimum absolute atomic E-state index is 0.00435. The van der Waals surface area contributed by atoms with Crippen molar-refractivity contribution in [2.45, 2.75) is 143 Å². The lowest BCUT2D eigenvalue weighted by atomic mass is 10.0. The second kappa shape index (κ2) is 45.1. The van der Waals surface area contributed by atoms with Crippen molar-refractivity contribution in [2.24, 2.45) is 28.7 Å². The Morgan fingerprint density at radius 1 is 0.676 bits per heavy atom.